The summed E-state index contributed by atoms with van der Waals surface area (Å²) < 4.78 is 0.892. The molecule has 0 aliphatic carbocycles. The third kappa shape index (κ3) is 2.66. The molecule has 2 rings (SSSR count). The van der Waals surface area contributed by atoms with Crippen molar-refractivity contribution in [3.8, 4) is 0 Å². The molecular weight excluding hydrogens is 302 g/mol. The van der Waals surface area contributed by atoms with Crippen LogP contribution in [0.25, 0.3) is 0 Å². The maximum absolute atomic E-state index is 6.16. The smallest absolute Gasteiger partial charge is 0.0907 e. The van der Waals surface area contributed by atoms with Crippen molar-refractivity contribution in [2.45, 2.75) is 6.04 Å². The highest BCUT2D eigenvalue weighted by Crippen LogP contribution is 2.30. The first kappa shape index (κ1) is 12.5. The van der Waals surface area contributed by atoms with Gasteiger partial charge in [-0.05, 0) is 39.7 Å². The number of aromatic nitrogens is 1. The second kappa shape index (κ2) is 5.60. The summed E-state index contributed by atoms with van der Waals surface area (Å²) in [6, 6.07) is 11.1. The van der Waals surface area contributed by atoms with Crippen LogP contribution in [0.4, 0.5) is 0 Å². The van der Waals surface area contributed by atoms with E-state index in [4.69, 9.17) is 17.4 Å². The Kier molecular flexibility index (Phi) is 4.12. The number of hydrazine groups is 1. The monoisotopic (exact) mass is 311 g/mol. The Bertz CT molecular complexity index is 473. The minimum atomic E-state index is -0.237. The van der Waals surface area contributed by atoms with E-state index in [0.29, 0.717) is 5.02 Å². The highest BCUT2D eigenvalue weighted by Gasteiger charge is 2.18. The average molecular weight is 313 g/mol. The van der Waals surface area contributed by atoms with Crippen molar-refractivity contribution < 1.29 is 0 Å². The Morgan fingerprint density at radius 3 is 2.65 bits per heavy atom. The minimum absolute atomic E-state index is 0.237. The lowest BCUT2D eigenvalue weighted by Gasteiger charge is -2.18. The summed E-state index contributed by atoms with van der Waals surface area (Å²) in [5.74, 6) is 5.61. The lowest BCUT2D eigenvalue weighted by atomic mass is 10.0. The molecule has 17 heavy (non-hydrogen) atoms. The first-order chi connectivity index (χ1) is 8.24. The molecule has 0 radical (unpaired) electrons. The summed E-state index contributed by atoms with van der Waals surface area (Å²) in [4.78, 5) is 4.32. The van der Waals surface area contributed by atoms with Crippen LogP contribution in [0.1, 0.15) is 17.3 Å². The van der Waals surface area contributed by atoms with Gasteiger partial charge in [-0.1, -0.05) is 29.8 Å². The van der Waals surface area contributed by atoms with Crippen LogP contribution in [-0.2, 0) is 0 Å². The minimum Gasteiger partial charge on any atom is -0.271 e. The number of benzene rings is 1. The summed E-state index contributed by atoms with van der Waals surface area (Å²) in [5.41, 5.74) is 4.45. The molecule has 0 saturated carbocycles. The van der Waals surface area contributed by atoms with Gasteiger partial charge in [-0.3, -0.25) is 10.8 Å². The predicted octanol–water partition coefficient (Wildman–Crippen LogP) is 3.05. The molecule has 1 heterocycles. The topological polar surface area (TPSA) is 50.9 Å². The number of halogens is 2. The fourth-order valence-corrected chi connectivity index (χ4v) is 2.36. The summed E-state index contributed by atoms with van der Waals surface area (Å²) in [6.07, 6.45) is 1.72. The van der Waals surface area contributed by atoms with E-state index >= 15 is 0 Å². The molecule has 88 valence electrons. The zero-order valence-corrected chi connectivity index (χ0v) is 11.2. The Morgan fingerprint density at radius 2 is 2.00 bits per heavy atom. The van der Waals surface area contributed by atoms with Gasteiger partial charge in [0.25, 0.3) is 0 Å². The molecule has 1 atom stereocenters. The summed E-state index contributed by atoms with van der Waals surface area (Å²) in [6.45, 7) is 0. The molecule has 0 spiro atoms. The number of rotatable bonds is 3. The van der Waals surface area contributed by atoms with Crippen LogP contribution in [0.2, 0.25) is 5.02 Å². The molecule has 1 aromatic heterocycles. The number of nitrogens with zero attached hydrogens (tertiary/aromatic N) is 1. The molecule has 0 aliphatic rings. The van der Waals surface area contributed by atoms with Gasteiger partial charge in [-0.25, -0.2) is 5.43 Å². The number of hydrogen-bond donors (Lipinski definition) is 2. The summed E-state index contributed by atoms with van der Waals surface area (Å²) in [5, 5.41) is 0.660. The normalized spacial score (nSPS) is 12.4. The lowest BCUT2D eigenvalue weighted by molar-refractivity contribution is 0.618. The molecule has 3 N–H and O–H groups in total. The lowest BCUT2D eigenvalue weighted by Crippen LogP contribution is -2.30. The Balaban J connectivity index is 2.48. The molecular formula is C12H11BrClN3. The van der Waals surface area contributed by atoms with Crippen molar-refractivity contribution in [3.05, 3.63) is 63.3 Å². The first-order valence-corrected chi connectivity index (χ1v) is 6.22. The number of pyridine rings is 1. The van der Waals surface area contributed by atoms with Crippen LogP contribution >= 0.6 is 27.5 Å². The van der Waals surface area contributed by atoms with Crippen LogP contribution in [0.5, 0.6) is 0 Å². The van der Waals surface area contributed by atoms with Crippen LogP contribution in [-0.4, -0.2) is 4.98 Å². The first-order valence-electron chi connectivity index (χ1n) is 5.05. The maximum atomic E-state index is 6.16. The third-order valence-corrected chi connectivity index (χ3v) is 3.46. The Morgan fingerprint density at radius 1 is 1.24 bits per heavy atom. The van der Waals surface area contributed by atoms with Crippen molar-refractivity contribution in [1.82, 2.24) is 10.4 Å². The molecule has 0 fully saturated rings. The van der Waals surface area contributed by atoms with Crippen LogP contribution < -0.4 is 11.3 Å². The van der Waals surface area contributed by atoms with E-state index in [1.165, 1.54) is 0 Å². The maximum Gasteiger partial charge on any atom is 0.0907 e. The second-order valence-corrected chi connectivity index (χ2v) is 4.75. The van der Waals surface area contributed by atoms with E-state index in [2.05, 4.69) is 26.3 Å². The zero-order chi connectivity index (χ0) is 12.3. The van der Waals surface area contributed by atoms with Gasteiger partial charge in [0.2, 0.25) is 0 Å². The Labute approximate surface area is 113 Å². The highest BCUT2D eigenvalue weighted by atomic mass is 79.9. The SMILES string of the molecule is NNC(c1ccccc1Cl)c1ncccc1Br. The van der Waals surface area contributed by atoms with Gasteiger partial charge in [0, 0.05) is 15.7 Å². The molecule has 0 saturated heterocycles. The van der Waals surface area contributed by atoms with E-state index < -0.39 is 0 Å². The van der Waals surface area contributed by atoms with Crippen molar-refractivity contribution in [1.29, 1.82) is 0 Å². The van der Waals surface area contributed by atoms with E-state index in [9.17, 15) is 0 Å². The Hall–Kier alpha value is -0.940. The summed E-state index contributed by atoms with van der Waals surface area (Å²) >= 11 is 9.62. The van der Waals surface area contributed by atoms with E-state index in [1.807, 2.05) is 36.4 Å². The van der Waals surface area contributed by atoms with E-state index in [-0.39, 0.29) is 6.04 Å². The zero-order valence-electron chi connectivity index (χ0n) is 8.90. The van der Waals surface area contributed by atoms with Gasteiger partial charge < -0.3 is 0 Å². The molecule has 5 heteroatoms. The van der Waals surface area contributed by atoms with Gasteiger partial charge in [-0.15, -0.1) is 0 Å². The number of nitrogens with one attached hydrogen (secondary N) is 1. The van der Waals surface area contributed by atoms with Gasteiger partial charge in [0.15, 0.2) is 0 Å². The highest BCUT2D eigenvalue weighted by molar-refractivity contribution is 9.10. The average Bonchev–Trinajstić information content (AvgIpc) is 2.34. The third-order valence-electron chi connectivity index (χ3n) is 2.44. The van der Waals surface area contributed by atoms with Crippen LogP contribution in [0.3, 0.4) is 0 Å². The fourth-order valence-electron chi connectivity index (χ4n) is 1.64. The van der Waals surface area contributed by atoms with Crippen molar-refractivity contribution in [2.24, 2.45) is 5.84 Å². The molecule has 3 nitrogen and oxygen atoms in total. The van der Waals surface area contributed by atoms with Gasteiger partial charge in [0.1, 0.15) is 0 Å². The molecule has 1 aromatic carbocycles. The van der Waals surface area contributed by atoms with Crippen molar-refractivity contribution in [2.75, 3.05) is 0 Å². The quantitative estimate of drug-likeness (QED) is 0.676. The van der Waals surface area contributed by atoms with E-state index in [0.717, 1.165) is 15.7 Å². The van der Waals surface area contributed by atoms with Crippen molar-refractivity contribution in [3.63, 3.8) is 0 Å². The van der Waals surface area contributed by atoms with Gasteiger partial charge in [-0.2, -0.15) is 0 Å². The molecule has 2 aromatic rings. The van der Waals surface area contributed by atoms with Gasteiger partial charge in [0.05, 0.1) is 11.7 Å². The molecule has 1 unspecified atom stereocenters. The van der Waals surface area contributed by atoms with Crippen LogP contribution in [0, 0.1) is 0 Å². The largest absolute Gasteiger partial charge is 0.271 e. The fraction of sp³-hybridized carbons (Fsp3) is 0.0833. The van der Waals surface area contributed by atoms with Crippen LogP contribution in [0.15, 0.2) is 47.1 Å². The number of hydrogen-bond acceptors (Lipinski definition) is 3. The van der Waals surface area contributed by atoms with Crippen molar-refractivity contribution >= 4 is 27.5 Å². The standard InChI is InChI=1S/C12H11BrClN3/c13-9-5-3-7-16-12(9)11(17-15)8-4-1-2-6-10(8)14/h1-7,11,17H,15H2. The summed E-state index contributed by atoms with van der Waals surface area (Å²) in [7, 11) is 0. The second-order valence-electron chi connectivity index (χ2n) is 3.49. The molecule has 0 bridgehead atoms. The molecule has 0 aliphatic heterocycles. The molecule has 0 amide bonds. The van der Waals surface area contributed by atoms with E-state index in [1.54, 1.807) is 6.20 Å². The predicted molar refractivity (Wildman–Crippen MR) is 72.6 cm³/mol. The number of nitrogens with two attached hydrogens (primary N) is 1. The van der Waals surface area contributed by atoms with Gasteiger partial charge >= 0.3 is 0 Å².